The fraction of sp³-hybridized carbons (Fsp3) is 0.120. The second-order valence-corrected chi connectivity index (χ2v) is 6.65. The van der Waals surface area contributed by atoms with Gasteiger partial charge in [-0.05, 0) is 67.6 Å². The lowest BCUT2D eigenvalue weighted by Gasteiger charge is -2.06. The molecule has 31 heavy (non-hydrogen) atoms. The predicted octanol–water partition coefficient (Wildman–Crippen LogP) is 4.93. The van der Waals surface area contributed by atoms with E-state index < -0.39 is 5.97 Å². The molecular weight excluding hydrogens is 396 g/mol. The first-order chi connectivity index (χ1) is 15.1. The SMILES string of the molecule is CCOc1ccccc1C=CC(=O)c1ccc(OC(=O)c2ccc3c(c2)OCO3)cc1. The number of ketones is 1. The van der Waals surface area contributed by atoms with Crippen molar-refractivity contribution in [1.29, 1.82) is 0 Å². The third-order valence-electron chi connectivity index (χ3n) is 4.59. The highest BCUT2D eigenvalue weighted by Crippen LogP contribution is 2.32. The Morgan fingerprint density at radius 1 is 0.935 bits per heavy atom. The molecule has 4 rings (SSSR count). The monoisotopic (exact) mass is 416 g/mol. The van der Waals surface area contributed by atoms with E-state index in [2.05, 4.69) is 0 Å². The molecule has 1 aliphatic heterocycles. The number of esters is 1. The largest absolute Gasteiger partial charge is 0.493 e. The first-order valence-electron chi connectivity index (χ1n) is 9.80. The Labute approximate surface area is 179 Å². The molecule has 3 aromatic rings. The second-order valence-electron chi connectivity index (χ2n) is 6.65. The van der Waals surface area contributed by atoms with Gasteiger partial charge in [0.05, 0.1) is 12.2 Å². The van der Waals surface area contributed by atoms with Crippen LogP contribution >= 0.6 is 0 Å². The van der Waals surface area contributed by atoms with Crippen molar-refractivity contribution in [3.63, 3.8) is 0 Å². The van der Waals surface area contributed by atoms with Gasteiger partial charge in [0.1, 0.15) is 11.5 Å². The third-order valence-corrected chi connectivity index (χ3v) is 4.59. The van der Waals surface area contributed by atoms with Crippen molar-refractivity contribution in [3.05, 3.63) is 89.5 Å². The number of benzene rings is 3. The molecule has 156 valence electrons. The molecule has 0 saturated heterocycles. The van der Waals surface area contributed by atoms with E-state index in [0.29, 0.717) is 35.0 Å². The smallest absolute Gasteiger partial charge is 0.343 e. The van der Waals surface area contributed by atoms with Crippen LogP contribution in [0.2, 0.25) is 0 Å². The highest BCUT2D eigenvalue weighted by atomic mass is 16.7. The predicted molar refractivity (Wildman–Crippen MR) is 115 cm³/mol. The quantitative estimate of drug-likeness (QED) is 0.235. The Kier molecular flexibility index (Phi) is 5.98. The Morgan fingerprint density at radius 2 is 1.68 bits per heavy atom. The van der Waals surface area contributed by atoms with Gasteiger partial charge in [0.25, 0.3) is 0 Å². The summed E-state index contributed by atoms with van der Waals surface area (Å²) in [5, 5.41) is 0. The lowest BCUT2D eigenvalue weighted by Crippen LogP contribution is -2.08. The van der Waals surface area contributed by atoms with Crippen LogP contribution in [0.3, 0.4) is 0 Å². The van der Waals surface area contributed by atoms with Crippen molar-refractivity contribution in [2.24, 2.45) is 0 Å². The molecule has 6 nitrogen and oxygen atoms in total. The Morgan fingerprint density at radius 3 is 2.48 bits per heavy atom. The molecule has 1 heterocycles. The molecule has 0 saturated carbocycles. The number of rotatable bonds is 7. The van der Waals surface area contributed by atoms with E-state index in [-0.39, 0.29) is 12.6 Å². The molecule has 0 N–H and O–H groups in total. The van der Waals surface area contributed by atoms with E-state index in [4.69, 9.17) is 18.9 Å². The van der Waals surface area contributed by atoms with E-state index in [9.17, 15) is 9.59 Å². The third kappa shape index (κ3) is 4.75. The van der Waals surface area contributed by atoms with Crippen molar-refractivity contribution in [2.75, 3.05) is 13.4 Å². The van der Waals surface area contributed by atoms with E-state index in [0.717, 1.165) is 11.3 Å². The van der Waals surface area contributed by atoms with Crippen LogP contribution in [-0.2, 0) is 0 Å². The molecule has 0 fully saturated rings. The Balaban J connectivity index is 1.41. The van der Waals surface area contributed by atoms with Gasteiger partial charge in [-0.1, -0.05) is 18.2 Å². The lowest BCUT2D eigenvalue weighted by atomic mass is 10.1. The summed E-state index contributed by atoms with van der Waals surface area (Å²) in [4.78, 5) is 24.9. The van der Waals surface area contributed by atoms with Crippen LogP contribution in [0.4, 0.5) is 0 Å². The van der Waals surface area contributed by atoms with Crippen LogP contribution < -0.4 is 18.9 Å². The molecule has 0 bridgehead atoms. The molecule has 0 amide bonds. The summed E-state index contributed by atoms with van der Waals surface area (Å²) < 4.78 is 21.5. The van der Waals surface area contributed by atoms with Crippen molar-refractivity contribution in [1.82, 2.24) is 0 Å². The van der Waals surface area contributed by atoms with Gasteiger partial charge < -0.3 is 18.9 Å². The average molecular weight is 416 g/mol. The maximum Gasteiger partial charge on any atom is 0.343 e. The van der Waals surface area contributed by atoms with Gasteiger partial charge in [-0.25, -0.2) is 4.79 Å². The summed E-state index contributed by atoms with van der Waals surface area (Å²) in [6, 6.07) is 18.8. The standard InChI is InChI=1S/C25H20O6/c1-2-28-22-6-4-3-5-18(22)9-13-21(26)17-7-11-20(12-8-17)31-25(27)19-10-14-23-24(15-19)30-16-29-23/h3-15H,2,16H2,1H3. The fourth-order valence-electron chi connectivity index (χ4n) is 3.04. The molecule has 0 spiro atoms. The molecule has 3 aromatic carbocycles. The normalized spacial score (nSPS) is 12.0. The number of carbonyl (C=O) groups excluding carboxylic acids is 2. The number of allylic oxidation sites excluding steroid dienone is 1. The zero-order valence-corrected chi connectivity index (χ0v) is 16.9. The minimum atomic E-state index is -0.523. The molecule has 6 heteroatoms. The molecular formula is C25H20O6. The van der Waals surface area contributed by atoms with Crippen LogP contribution in [0.5, 0.6) is 23.0 Å². The van der Waals surface area contributed by atoms with E-state index in [1.165, 1.54) is 6.08 Å². The number of hydrogen-bond acceptors (Lipinski definition) is 6. The fourth-order valence-corrected chi connectivity index (χ4v) is 3.04. The van der Waals surface area contributed by atoms with Gasteiger partial charge >= 0.3 is 5.97 Å². The van der Waals surface area contributed by atoms with Crippen molar-refractivity contribution in [2.45, 2.75) is 6.92 Å². The first kappa shape index (κ1) is 20.2. The highest BCUT2D eigenvalue weighted by molar-refractivity contribution is 6.07. The molecule has 0 unspecified atom stereocenters. The maximum atomic E-state index is 12.5. The van der Waals surface area contributed by atoms with Crippen molar-refractivity contribution < 1.29 is 28.5 Å². The van der Waals surface area contributed by atoms with Gasteiger partial charge in [0.2, 0.25) is 6.79 Å². The molecule has 1 aliphatic rings. The summed E-state index contributed by atoms with van der Waals surface area (Å²) in [5.41, 5.74) is 1.65. The summed E-state index contributed by atoms with van der Waals surface area (Å²) in [6.45, 7) is 2.59. The van der Waals surface area contributed by atoms with Gasteiger partial charge in [0.15, 0.2) is 17.3 Å². The molecule has 0 radical (unpaired) electrons. The number of hydrogen-bond donors (Lipinski definition) is 0. The minimum Gasteiger partial charge on any atom is -0.493 e. The minimum absolute atomic E-state index is 0.134. The topological polar surface area (TPSA) is 71.1 Å². The summed E-state index contributed by atoms with van der Waals surface area (Å²) in [7, 11) is 0. The summed E-state index contributed by atoms with van der Waals surface area (Å²) >= 11 is 0. The van der Waals surface area contributed by atoms with Gasteiger partial charge in [0, 0.05) is 11.1 Å². The molecule has 0 aliphatic carbocycles. The number of carbonyl (C=O) groups is 2. The zero-order valence-electron chi connectivity index (χ0n) is 16.9. The summed E-state index contributed by atoms with van der Waals surface area (Å²) in [6.07, 6.45) is 3.21. The van der Waals surface area contributed by atoms with Crippen molar-refractivity contribution >= 4 is 17.8 Å². The van der Waals surface area contributed by atoms with Gasteiger partial charge in [-0.15, -0.1) is 0 Å². The second kappa shape index (κ2) is 9.17. The van der Waals surface area contributed by atoms with E-state index >= 15 is 0 Å². The van der Waals surface area contributed by atoms with Crippen LogP contribution in [0.25, 0.3) is 6.08 Å². The zero-order chi connectivity index (χ0) is 21.6. The van der Waals surface area contributed by atoms with E-state index in [1.807, 2.05) is 31.2 Å². The average Bonchev–Trinajstić information content (AvgIpc) is 3.27. The van der Waals surface area contributed by atoms with Gasteiger partial charge in [-0.3, -0.25) is 4.79 Å². The van der Waals surface area contributed by atoms with E-state index in [1.54, 1.807) is 48.5 Å². The Hall–Kier alpha value is -4.06. The molecule has 0 aromatic heterocycles. The molecule has 0 atom stereocenters. The van der Waals surface area contributed by atoms with Crippen LogP contribution in [0, 0.1) is 0 Å². The Bertz CT molecular complexity index is 1130. The number of fused-ring (bicyclic) bond motifs is 1. The maximum absolute atomic E-state index is 12.5. The van der Waals surface area contributed by atoms with Crippen molar-refractivity contribution in [3.8, 4) is 23.0 Å². The first-order valence-corrected chi connectivity index (χ1v) is 9.80. The van der Waals surface area contributed by atoms with Gasteiger partial charge in [-0.2, -0.15) is 0 Å². The lowest BCUT2D eigenvalue weighted by molar-refractivity contribution is 0.0734. The van der Waals surface area contributed by atoms with Crippen LogP contribution in [-0.4, -0.2) is 25.2 Å². The number of para-hydroxylation sites is 1. The number of ether oxygens (including phenoxy) is 4. The van der Waals surface area contributed by atoms with Crippen LogP contribution in [0.15, 0.2) is 72.8 Å². The summed E-state index contributed by atoms with van der Waals surface area (Å²) in [5.74, 6) is 1.47. The highest BCUT2D eigenvalue weighted by Gasteiger charge is 2.17. The van der Waals surface area contributed by atoms with Crippen LogP contribution in [0.1, 0.15) is 33.2 Å².